The van der Waals surface area contributed by atoms with Crippen molar-refractivity contribution >= 4 is 5.84 Å². The van der Waals surface area contributed by atoms with Gasteiger partial charge in [-0.2, -0.15) is 0 Å². The highest BCUT2D eigenvalue weighted by Gasteiger charge is 2.24. The molecular weight excluding hydrogens is 180 g/mol. The predicted octanol–water partition coefficient (Wildman–Crippen LogP) is 1.29. The fraction of sp³-hybridized carbons (Fsp3) is 0.900. The monoisotopic (exact) mass is 200 g/mol. The summed E-state index contributed by atoms with van der Waals surface area (Å²) in [5.41, 5.74) is 5.24. The zero-order chi connectivity index (χ0) is 10.6. The van der Waals surface area contributed by atoms with E-state index in [-0.39, 0.29) is 24.1 Å². The minimum Gasteiger partial charge on any atom is -0.388 e. The lowest BCUT2D eigenvalue weighted by molar-refractivity contribution is -0.100. The molecule has 0 saturated carbocycles. The largest absolute Gasteiger partial charge is 0.388 e. The summed E-state index contributed by atoms with van der Waals surface area (Å²) in [4.78, 5) is 0. The van der Waals surface area contributed by atoms with Crippen molar-refractivity contribution in [2.24, 2.45) is 5.73 Å². The van der Waals surface area contributed by atoms with Crippen molar-refractivity contribution in [3.63, 3.8) is 0 Å². The van der Waals surface area contributed by atoms with E-state index in [0.29, 0.717) is 13.0 Å². The van der Waals surface area contributed by atoms with Gasteiger partial charge in [0.1, 0.15) is 0 Å². The quantitative estimate of drug-likeness (QED) is 0.530. The molecular formula is C10H20N2O2. The zero-order valence-corrected chi connectivity index (χ0v) is 8.95. The number of hydrogen-bond donors (Lipinski definition) is 2. The van der Waals surface area contributed by atoms with Crippen LogP contribution in [0, 0.1) is 5.41 Å². The van der Waals surface area contributed by atoms with Gasteiger partial charge in [-0.15, -0.1) is 0 Å². The number of hydrogen-bond acceptors (Lipinski definition) is 3. The van der Waals surface area contributed by atoms with Crippen molar-refractivity contribution in [3.8, 4) is 0 Å². The molecule has 0 amide bonds. The Balaban J connectivity index is 2.20. The summed E-state index contributed by atoms with van der Waals surface area (Å²) in [7, 11) is 0. The van der Waals surface area contributed by atoms with E-state index in [1.165, 1.54) is 0 Å². The van der Waals surface area contributed by atoms with Gasteiger partial charge in [-0.05, 0) is 26.7 Å². The Hall–Kier alpha value is -0.610. The van der Waals surface area contributed by atoms with Crippen LogP contribution in [0.3, 0.4) is 0 Å². The van der Waals surface area contributed by atoms with Crippen LogP contribution in [0.5, 0.6) is 0 Å². The first-order chi connectivity index (χ1) is 6.58. The van der Waals surface area contributed by atoms with E-state index in [2.05, 4.69) is 13.8 Å². The summed E-state index contributed by atoms with van der Waals surface area (Å²) in [6, 6.07) is 0. The predicted molar refractivity (Wildman–Crippen MR) is 55.5 cm³/mol. The van der Waals surface area contributed by atoms with Gasteiger partial charge in [0.15, 0.2) is 0 Å². The van der Waals surface area contributed by atoms with Crippen LogP contribution < -0.4 is 5.73 Å². The van der Waals surface area contributed by atoms with E-state index in [1.807, 2.05) is 0 Å². The molecule has 0 aromatic carbocycles. The average molecular weight is 200 g/mol. The highest BCUT2D eigenvalue weighted by Crippen LogP contribution is 2.21. The fourth-order valence-electron chi connectivity index (χ4n) is 1.82. The maximum atomic E-state index is 7.06. The third-order valence-electron chi connectivity index (χ3n) is 2.38. The Morgan fingerprint density at radius 2 is 2.00 bits per heavy atom. The molecule has 1 rings (SSSR count). The van der Waals surface area contributed by atoms with E-state index in [9.17, 15) is 0 Å². The molecule has 3 N–H and O–H groups in total. The van der Waals surface area contributed by atoms with Crippen LogP contribution in [-0.2, 0) is 9.47 Å². The summed E-state index contributed by atoms with van der Waals surface area (Å²) in [6.07, 6.45) is 3.25. The molecule has 2 unspecified atom stereocenters. The molecule has 14 heavy (non-hydrogen) atoms. The molecule has 2 atom stereocenters. The molecule has 0 aromatic heterocycles. The number of rotatable bonds is 4. The van der Waals surface area contributed by atoms with Gasteiger partial charge in [0, 0.05) is 6.42 Å². The first-order valence-corrected chi connectivity index (χ1v) is 5.18. The number of ether oxygens (including phenoxy) is 2. The SMILES string of the molecule is CC1CC(OCCC(=N)N)CC(C)O1. The van der Waals surface area contributed by atoms with Crippen LogP contribution in [0.25, 0.3) is 0 Å². The highest BCUT2D eigenvalue weighted by atomic mass is 16.5. The zero-order valence-electron chi connectivity index (χ0n) is 8.95. The smallest absolute Gasteiger partial charge is 0.0928 e. The lowest BCUT2D eigenvalue weighted by Crippen LogP contribution is -2.34. The molecule has 4 nitrogen and oxygen atoms in total. The molecule has 1 aliphatic heterocycles. The Labute approximate surface area is 85.3 Å². The molecule has 4 heteroatoms. The van der Waals surface area contributed by atoms with Crippen LogP contribution in [0.2, 0.25) is 0 Å². The van der Waals surface area contributed by atoms with Crippen LogP contribution in [-0.4, -0.2) is 30.8 Å². The van der Waals surface area contributed by atoms with Gasteiger partial charge in [-0.1, -0.05) is 0 Å². The standard InChI is InChI=1S/C10H20N2O2/c1-7-5-9(6-8(2)14-7)13-4-3-10(11)12/h7-9H,3-6H2,1-2H3,(H3,11,12). The molecule has 1 aliphatic rings. The van der Waals surface area contributed by atoms with Crippen molar-refractivity contribution < 1.29 is 9.47 Å². The molecule has 0 aliphatic carbocycles. The molecule has 0 aromatic rings. The molecule has 1 fully saturated rings. The van der Waals surface area contributed by atoms with E-state index in [0.717, 1.165) is 12.8 Å². The Morgan fingerprint density at radius 1 is 1.43 bits per heavy atom. The minimum atomic E-state index is 0.193. The van der Waals surface area contributed by atoms with Crippen LogP contribution in [0.1, 0.15) is 33.1 Å². The fourth-order valence-corrected chi connectivity index (χ4v) is 1.82. The van der Waals surface area contributed by atoms with Crippen molar-refractivity contribution in [2.45, 2.75) is 51.4 Å². The van der Waals surface area contributed by atoms with Gasteiger partial charge < -0.3 is 15.2 Å². The summed E-state index contributed by atoms with van der Waals surface area (Å²) in [5.74, 6) is 0.193. The lowest BCUT2D eigenvalue weighted by atomic mass is 10.0. The van der Waals surface area contributed by atoms with Gasteiger partial charge in [-0.25, -0.2) is 0 Å². The summed E-state index contributed by atoms with van der Waals surface area (Å²) in [6.45, 7) is 4.69. The van der Waals surface area contributed by atoms with E-state index in [1.54, 1.807) is 0 Å². The van der Waals surface area contributed by atoms with Gasteiger partial charge >= 0.3 is 0 Å². The normalized spacial score (nSPS) is 32.9. The minimum absolute atomic E-state index is 0.193. The molecule has 0 radical (unpaired) electrons. The van der Waals surface area contributed by atoms with Crippen molar-refractivity contribution in [1.82, 2.24) is 0 Å². The second-order valence-corrected chi connectivity index (χ2v) is 4.00. The van der Waals surface area contributed by atoms with Crippen LogP contribution in [0.4, 0.5) is 0 Å². The maximum Gasteiger partial charge on any atom is 0.0928 e. The van der Waals surface area contributed by atoms with Crippen molar-refractivity contribution in [3.05, 3.63) is 0 Å². The Morgan fingerprint density at radius 3 is 2.50 bits per heavy atom. The third kappa shape index (κ3) is 4.07. The van der Waals surface area contributed by atoms with Crippen molar-refractivity contribution in [2.75, 3.05) is 6.61 Å². The highest BCUT2D eigenvalue weighted by molar-refractivity contribution is 5.76. The topological polar surface area (TPSA) is 68.3 Å². The maximum absolute atomic E-state index is 7.06. The number of nitrogens with one attached hydrogen (secondary N) is 1. The average Bonchev–Trinajstić information content (AvgIpc) is 2.01. The second-order valence-electron chi connectivity index (χ2n) is 4.00. The van der Waals surface area contributed by atoms with Gasteiger partial charge in [0.25, 0.3) is 0 Å². The van der Waals surface area contributed by atoms with E-state index in [4.69, 9.17) is 20.6 Å². The molecule has 82 valence electrons. The van der Waals surface area contributed by atoms with E-state index >= 15 is 0 Å². The number of amidine groups is 1. The molecule has 1 saturated heterocycles. The Bertz CT molecular complexity index is 187. The third-order valence-corrected chi connectivity index (χ3v) is 2.38. The first kappa shape index (κ1) is 11.5. The molecule has 0 spiro atoms. The summed E-state index contributed by atoms with van der Waals surface area (Å²) >= 11 is 0. The lowest BCUT2D eigenvalue weighted by Gasteiger charge is -2.31. The molecule has 0 bridgehead atoms. The first-order valence-electron chi connectivity index (χ1n) is 5.18. The van der Waals surface area contributed by atoms with Gasteiger partial charge in [-0.3, -0.25) is 5.41 Å². The van der Waals surface area contributed by atoms with Crippen LogP contribution in [0.15, 0.2) is 0 Å². The van der Waals surface area contributed by atoms with Gasteiger partial charge in [0.05, 0.1) is 30.8 Å². The van der Waals surface area contributed by atoms with E-state index < -0.39 is 0 Å². The summed E-state index contributed by atoms with van der Waals surface area (Å²) in [5, 5.41) is 7.06. The van der Waals surface area contributed by atoms with Crippen molar-refractivity contribution in [1.29, 1.82) is 5.41 Å². The summed E-state index contributed by atoms with van der Waals surface area (Å²) < 4.78 is 11.2. The Kier molecular flexibility index (Phi) is 4.35. The van der Waals surface area contributed by atoms with Crippen LogP contribution >= 0.6 is 0 Å². The second kappa shape index (κ2) is 5.32. The number of nitrogens with two attached hydrogens (primary N) is 1. The van der Waals surface area contributed by atoms with Gasteiger partial charge in [0.2, 0.25) is 0 Å². The molecule has 1 heterocycles.